The van der Waals surface area contributed by atoms with Crippen molar-refractivity contribution in [2.45, 2.75) is 6.54 Å². The molecule has 2 aromatic carbocycles. The summed E-state index contributed by atoms with van der Waals surface area (Å²) in [6.45, 7) is 0.105. The molecule has 104 valence electrons. The maximum atomic E-state index is 13.6. The summed E-state index contributed by atoms with van der Waals surface area (Å²) in [6, 6.07) is 9.69. The van der Waals surface area contributed by atoms with Crippen LogP contribution in [0, 0.1) is 5.82 Å². The monoisotopic (exact) mass is 400 g/mol. The van der Waals surface area contributed by atoms with Gasteiger partial charge in [0.2, 0.25) is 0 Å². The first kappa shape index (κ1) is 15.0. The number of nitrogens with one attached hydrogen (secondary N) is 1. The lowest BCUT2D eigenvalue weighted by Gasteiger charge is -2.09. The van der Waals surface area contributed by atoms with E-state index in [0.717, 1.165) is 4.47 Å². The first-order chi connectivity index (χ1) is 9.47. The van der Waals surface area contributed by atoms with Crippen molar-refractivity contribution in [3.63, 3.8) is 0 Å². The van der Waals surface area contributed by atoms with Crippen LogP contribution in [-0.4, -0.2) is 5.91 Å². The van der Waals surface area contributed by atoms with Gasteiger partial charge in [0.25, 0.3) is 5.91 Å². The molecule has 1 amide bonds. The third kappa shape index (κ3) is 3.58. The Hall–Kier alpha value is -1.40. The molecule has 0 saturated heterocycles. The zero-order chi connectivity index (χ0) is 14.7. The van der Waals surface area contributed by atoms with Crippen LogP contribution in [0.25, 0.3) is 0 Å². The molecule has 0 bridgehead atoms. The maximum absolute atomic E-state index is 13.6. The zero-order valence-electron chi connectivity index (χ0n) is 10.3. The Morgan fingerprint density at radius 2 is 1.80 bits per heavy atom. The van der Waals surface area contributed by atoms with Gasteiger partial charge in [0.1, 0.15) is 5.82 Å². The second-order valence-electron chi connectivity index (χ2n) is 4.15. The van der Waals surface area contributed by atoms with Gasteiger partial charge in [-0.1, -0.05) is 37.9 Å². The number of hydrogen-bond donors (Lipinski definition) is 2. The highest BCUT2D eigenvalue weighted by Gasteiger charge is 2.11. The highest BCUT2D eigenvalue weighted by Crippen LogP contribution is 2.19. The van der Waals surface area contributed by atoms with E-state index in [2.05, 4.69) is 37.2 Å². The predicted molar refractivity (Wildman–Crippen MR) is 83.8 cm³/mol. The van der Waals surface area contributed by atoms with E-state index in [0.29, 0.717) is 21.3 Å². The van der Waals surface area contributed by atoms with E-state index in [1.165, 1.54) is 6.07 Å². The molecule has 2 aromatic rings. The van der Waals surface area contributed by atoms with Crippen molar-refractivity contribution >= 4 is 43.5 Å². The first-order valence-electron chi connectivity index (χ1n) is 5.74. The number of halogens is 3. The molecule has 0 aliphatic carbocycles. The summed E-state index contributed by atoms with van der Waals surface area (Å²) in [6.07, 6.45) is 0. The summed E-state index contributed by atoms with van der Waals surface area (Å²) in [7, 11) is 0. The molecule has 3 N–H and O–H groups in total. The topological polar surface area (TPSA) is 55.1 Å². The lowest BCUT2D eigenvalue weighted by molar-refractivity contribution is 0.0951. The van der Waals surface area contributed by atoms with Crippen LogP contribution in [0.15, 0.2) is 45.3 Å². The number of nitrogen functional groups attached to an aromatic ring is 1. The summed E-state index contributed by atoms with van der Waals surface area (Å²) in [4.78, 5) is 12.0. The summed E-state index contributed by atoms with van der Waals surface area (Å²) in [5.74, 6) is -0.708. The van der Waals surface area contributed by atoms with Crippen molar-refractivity contribution in [2.75, 3.05) is 5.73 Å². The van der Waals surface area contributed by atoms with Gasteiger partial charge in [0.15, 0.2) is 0 Å². The van der Waals surface area contributed by atoms with Gasteiger partial charge in [-0.25, -0.2) is 4.39 Å². The van der Waals surface area contributed by atoms with Crippen LogP contribution in [-0.2, 0) is 6.54 Å². The average Bonchev–Trinajstić information content (AvgIpc) is 2.37. The van der Waals surface area contributed by atoms with E-state index < -0.39 is 0 Å². The second-order valence-corrected chi connectivity index (χ2v) is 5.98. The minimum absolute atomic E-state index is 0.105. The molecule has 0 aliphatic rings. The molecule has 0 fully saturated rings. The molecule has 20 heavy (non-hydrogen) atoms. The molecule has 2 rings (SSSR count). The minimum atomic E-state index is -0.372. The Morgan fingerprint density at radius 3 is 2.45 bits per heavy atom. The fourth-order valence-electron chi connectivity index (χ4n) is 1.68. The van der Waals surface area contributed by atoms with Crippen molar-refractivity contribution in [1.29, 1.82) is 0 Å². The smallest absolute Gasteiger partial charge is 0.253 e. The number of amides is 1. The third-order valence-electron chi connectivity index (χ3n) is 2.71. The normalized spacial score (nSPS) is 10.3. The van der Waals surface area contributed by atoms with E-state index >= 15 is 0 Å². The molecule has 0 heterocycles. The average molecular weight is 402 g/mol. The Kier molecular flexibility index (Phi) is 4.77. The fourth-order valence-corrected chi connectivity index (χ4v) is 2.39. The molecule has 0 saturated carbocycles. The molecular formula is C14H11Br2FN2O. The van der Waals surface area contributed by atoms with E-state index in [4.69, 9.17) is 5.73 Å². The number of carbonyl (C=O) groups excluding carboxylic acids is 1. The van der Waals surface area contributed by atoms with Crippen LogP contribution < -0.4 is 11.1 Å². The van der Waals surface area contributed by atoms with E-state index in [-0.39, 0.29) is 18.3 Å². The lowest BCUT2D eigenvalue weighted by atomic mass is 10.1. The van der Waals surface area contributed by atoms with Crippen molar-refractivity contribution in [2.24, 2.45) is 0 Å². The maximum Gasteiger partial charge on any atom is 0.253 e. The largest absolute Gasteiger partial charge is 0.398 e. The van der Waals surface area contributed by atoms with Crippen LogP contribution in [0.2, 0.25) is 0 Å². The number of rotatable bonds is 3. The van der Waals surface area contributed by atoms with Crippen molar-refractivity contribution in [1.82, 2.24) is 5.32 Å². The van der Waals surface area contributed by atoms with Gasteiger partial charge in [-0.15, -0.1) is 0 Å². The highest BCUT2D eigenvalue weighted by molar-refractivity contribution is 9.10. The van der Waals surface area contributed by atoms with Crippen LogP contribution in [0.1, 0.15) is 15.9 Å². The summed E-state index contributed by atoms with van der Waals surface area (Å²) in [5.41, 5.74) is 6.92. The predicted octanol–water partition coefficient (Wildman–Crippen LogP) is 3.86. The van der Waals surface area contributed by atoms with E-state index in [1.807, 2.05) is 0 Å². The Labute approximate surface area is 132 Å². The standard InChI is InChI=1S/C14H11Br2FN2O/c15-9-2-1-8(12(17)5-9)7-19-14(20)11-4-3-10(16)6-13(11)18/h1-6H,7,18H2,(H,19,20). The summed E-state index contributed by atoms with van der Waals surface area (Å²) in [5, 5.41) is 2.65. The van der Waals surface area contributed by atoms with Gasteiger partial charge in [-0.2, -0.15) is 0 Å². The fraction of sp³-hybridized carbons (Fsp3) is 0.0714. The number of carbonyl (C=O) groups is 1. The van der Waals surface area contributed by atoms with Crippen LogP contribution in [0.4, 0.5) is 10.1 Å². The lowest BCUT2D eigenvalue weighted by Crippen LogP contribution is -2.24. The van der Waals surface area contributed by atoms with Gasteiger partial charge in [-0.3, -0.25) is 4.79 Å². The van der Waals surface area contributed by atoms with Crippen molar-refractivity contribution in [3.8, 4) is 0 Å². The number of anilines is 1. The molecule has 0 aromatic heterocycles. The molecule has 0 unspecified atom stereocenters. The zero-order valence-corrected chi connectivity index (χ0v) is 13.5. The van der Waals surface area contributed by atoms with Crippen molar-refractivity contribution in [3.05, 3.63) is 62.3 Å². The highest BCUT2D eigenvalue weighted by atomic mass is 79.9. The minimum Gasteiger partial charge on any atom is -0.398 e. The molecule has 0 radical (unpaired) electrons. The van der Waals surface area contributed by atoms with Gasteiger partial charge < -0.3 is 11.1 Å². The summed E-state index contributed by atoms with van der Waals surface area (Å²) >= 11 is 6.45. The SMILES string of the molecule is Nc1cc(Br)ccc1C(=O)NCc1ccc(Br)cc1F. The molecule has 0 aliphatic heterocycles. The van der Waals surface area contributed by atoms with Gasteiger partial charge >= 0.3 is 0 Å². The molecule has 3 nitrogen and oxygen atoms in total. The third-order valence-corrected chi connectivity index (χ3v) is 3.70. The number of nitrogens with two attached hydrogens (primary N) is 1. The molecule has 0 spiro atoms. The Morgan fingerprint density at radius 1 is 1.15 bits per heavy atom. The van der Waals surface area contributed by atoms with Crippen LogP contribution in [0.5, 0.6) is 0 Å². The number of hydrogen-bond acceptors (Lipinski definition) is 2. The van der Waals surface area contributed by atoms with Crippen LogP contribution in [0.3, 0.4) is 0 Å². The number of benzene rings is 2. The quantitative estimate of drug-likeness (QED) is 0.767. The molecule has 0 atom stereocenters. The van der Waals surface area contributed by atoms with Crippen LogP contribution >= 0.6 is 31.9 Å². The van der Waals surface area contributed by atoms with E-state index in [1.54, 1.807) is 30.3 Å². The second kappa shape index (κ2) is 6.37. The van der Waals surface area contributed by atoms with Gasteiger partial charge in [0.05, 0.1) is 5.56 Å². The Bertz CT molecular complexity index is 662. The van der Waals surface area contributed by atoms with E-state index in [9.17, 15) is 9.18 Å². The van der Waals surface area contributed by atoms with Crippen molar-refractivity contribution < 1.29 is 9.18 Å². The van der Waals surface area contributed by atoms with Gasteiger partial charge in [-0.05, 0) is 30.3 Å². The Balaban J connectivity index is 2.08. The molecular weight excluding hydrogens is 391 g/mol. The summed E-state index contributed by atoms with van der Waals surface area (Å²) < 4.78 is 15.1. The van der Waals surface area contributed by atoms with Gasteiger partial charge in [0, 0.05) is 26.7 Å². The first-order valence-corrected chi connectivity index (χ1v) is 7.33. The molecule has 6 heteroatoms.